The monoisotopic (exact) mass is 366 g/mol. The first kappa shape index (κ1) is 18.3. The first-order chi connectivity index (χ1) is 11.4. The van der Waals surface area contributed by atoms with Gasteiger partial charge in [0.05, 0.1) is 5.02 Å². The Kier molecular flexibility index (Phi) is 6.23. The number of Topliss-reactive ketones (excluding diaryl/α,β-unsaturated/α-hetero) is 1. The van der Waals surface area contributed by atoms with Crippen molar-refractivity contribution in [3.63, 3.8) is 0 Å². The van der Waals surface area contributed by atoms with Crippen molar-refractivity contribution >= 4 is 35.0 Å². The second-order valence-electron chi connectivity index (χ2n) is 5.24. The second kappa shape index (κ2) is 8.18. The van der Waals surface area contributed by atoms with Crippen molar-refractivity contribution in [2.45, 2.75) is 13.8 Å². The summed E-state index contributed by atoms with van der Waals surface area (Å²) in [6.07, 6.45) is 0. The molecule has 0 radical (unpaired) electrons. The average Bonchev–Trinajstić information content (AvgIpc) is 2.53. The maximum absolute atomic E-state index is 12.0. The van der Waals surface area contributed by atoms with Gasteiger partial charge in [-0.05, 0) is 55.3 Å². The van der Waals surface area contributed by atoms with E-state index in [0.717, 1.165) is 11.1 Å². The van der Waals surface area contributed by atoms with Crippen LogP contribution in [0.5, 0.6) is 5.75 Å². The Morgan fingerprint density at radius 1 is 0.958 bits per heavy atom. The van der Waals surface area contributed by atoms with Crippen LogP contribution < -0.4 is 4.74 Å². The normalized spacial score (nSPS) is 10.3. The number of esters is 1. The van der Waals surface area contributed by atoms with E-state index in [-0.39, 0.29) is 17.2 Å². The first-order valence-electron chi connectivity index (χ1n) is 7.20. The Labute approximate surface area is 150 Å². The van der Waals surface area contributed by atoms with Crippen LogP contribution in [-0.4, -0.2) is 25.0 Å². The van der Waals surface area contributed by atoms with Crippen LogP contribution in [0, 0.1) is 13.8 Å². The second-order valence-corrected chi connectivity index (χ2v) is 6.09. The Morgan fingerprint density at radius 3 is 2.38 bits per heavy atom. The zero-order chi connectivity index (χ0) is 17.7. The molecule has 0 aromatic heterocycles. The summed E-state index contributed by atoms with van der Waals surface area (Å²) in [6, 6.07) is 10.0. The summed E-state index contributed by atoms with van der Waals surface area (Å²) in [4.78, 5) is 23.7. The fraction of sp³-hybridized carbons (Fsp3) is 0.222. The number of carbonyl (C=O) groups excluding carboxylic acids is 2. The van der Waals surface area contributed by atoms with Crippen molar-refractivity contribution in [3.8, 4) is 5.75 Å². The minimum absolute atomic E-state index is 0.218. The molecule has 0 atom stereocenters. The molecule has 0 spiro atoms. The fourth-order valence-corrected chi connectivity index (χ4v) is 2.44. The molecule has 4 nitrogen and oxygen atoms in total. The number of hydrogen-bond donors (Lipinski definition) is 0. The molecule has 2 aromatic carbocycles. The highest BCUT2D eigenvalue weighted by atomic mass is 35.5. The predicted octanol–water partition coefficient (Wildman–Crippen LogP) is 4.42. The van der Waals surface area contributed by atoms with Gasteiger partial charge in [0.1, 0.15) is 5.75 Å². The molecule has 0 bridgehead atoms. The highest BCUT2D eigenvalue weighted by Crippen LogP contribution is 2.21. The Hall–Kier alpha value is -2.04. The van der Waals surface area contributed by atoms with Gasteiger partial charge in [0.25, 0.3) is 0 Å². The molecule has 2 aromatic rings. The molecule has 0 saturated carbocycles. The van der Waals surface area contributed by atoms with E-state index in [1.807, 2.05) is 26.0 Å². The third kappa shape index (κ3) is 4.98. The first-order valence-corrected chi connectivity index (χ1v) is 7.96. The lowest BCUT2D eigenvalue weighted by molar-refractivity contribution is -0.144. The van der Waals surface area contributed by atoms with Crippen LogP contribution in [-0.2, 0) is 9.53 Å². The van der Waals surface area contributed by atoms with Crippen molar-refractivity contribution in [2.24, 2.45) is 0 Å². The van der Waals surface area contributed by atoms with Crippen molar-refractivity contribution in [2.75, 3.05) is 13.2 Å². The van der Waals surface area contributed by atoms with Gasteiger partial charge >= 0.3 is 5.97 Å². The number of carbonyl (C=O) groups is 2. The van der Waals surface area contributed by atoms with Gasteiger partial charge < -0.3 is 9.47 Å². The summed E-state index contributed by atoms with van der Waals surface area (Å²) in [5, 5.41) is 0.644. The zero-order valence-electron chi connectivity index (χ0n) is 13.3. The summed E-state index contributed by atoms with van der Waals surface area (Å²) >= 11 is 11.7. The third-order valence-corrected chi connectivity index (χ3v) is 3.98. The van der Waals surface area contributed by atoms with Crippen LogP contribution in [0.2, 0.25) is 10.0 Å². The molecule has 126 valence electrons. The quantitative estimate of drug-likeness (QED) is 0.560. The van der Waals surface area contributed by atoms with Gasteiger partial charge in [-0.3, -0.25) is 4.79 Å². The van der Waals surface area contributed by atoms with E-state index < -0.39 is 18.4 Å². The lowest BCUT2D eigenvalue weighted by atomic mass is 10.1. The summed E-state index contributed by atoms with van der Waals surface area (Å²) in [5.41, 5.74) is 2.45. The van der Waals surface area contributed by atoms with Gasteiger partial charge in [-0.25, -0.2) is 4.79 Å². The van der Waals surface area contributed by atoms with Crippen LogP contribution >= 0.6 is 23.2 Å². The minimum Gasteiger partial charge on any atom is -0.482 e. The topological polar surface area (TPSA) is 52.6 Å². The lowest BCUT2D eigenvalue weighted by Crippen LogP contribution is -2.19. The molecular weight excluding hydrogens is 351 g/mol. The zero-order valence-corrected chi connectivity index (χ0v) is 14.8. The SMILES string of the molecule is Cc1ccc(OCC(=O)OCC(=O)c2ccc(Cl)cc2Cl)cc1C. The van der Waals surface area contributed by atoms with Crippen molar-refractivity contribution in [3.05, 3.63) is 63.1 Å². The highest BCUT2D eigenvalue weighted by molar-refractivity contribution is 6.36. The lowest BCUT2D eigenvalue weighted by Gasteiger charge is -2.09. The number of ketones is 1. The van der Waals surface area contributed by atoms with Gasteiger partial charge in [0.15, 0.2) is 13.2 Å². The molecule has 0 unspecified atom stereocenters. The molecule has 0 amide bonds. The van der Waals surface area contributed by atoms with Crippen LogP contribution in [0.25, 0.3) is 0 Å². The summed E-state index contributed by atoms with van der Waals surface area (Å²) in [5.74, 6) is -0.468. The molecule has 0 aliphatic heterocycles. The van der Waals surface area contributed by atoms with E-state index >= 15 is 0 Å². The van der Waals surface area contributed by atoms with Crippen LogP contribution in [0.3, 0.4) is 0 Å². The number of ether oxygens (including phenoxy) is 2. The van der Waals surface area contributed by atoms with E-state index in [1.165, 1.54) is 12.1 Å². The molecule has 0 aliphatic carbocycles. The summed E-state index contributed by atoms with van der Waals surface area (Å²) in [7, 11) is 0. The maximum atomic E-state index is 12.0. The molecule has 24 heavy (non-hydrogen) atoms. The summed E-state index contributed by atoms with van der Waals surface area (Å²) < 4.78 is 10.3. The Morgan fingerprint density at radius 2 is 1.71 bits per heavy atom. The highest BCUT2D eigenvalue weighted by Gasteiger charge is 2.14. The fourth-order valence-electron chi connectivity index (χ4n) is 1.93. The molecule has 6 heteroatoms. The van der Waals surface area contributed by atoms with Crippen LogP contribution in [0.15, 0.2) is 36.4 Å². The number of rotatable bonds is 6. The van der Waals surface area contributed by atoms with E-state index in [4.69, 9.17) is 32.7 Å². The number of aryl methyl sites for hydroxylation is 2. The van der Waals surface area contributed by atoms with Crippen molar-refractivity contribution < 1.29 is 19.1 Å². The van der Waals surface area contributed by atoms with Crippen LogP contribution in [0.1, 0.15) is 21.5 Å². The van der Waals surface area contributed by atoms with Gasteiger partial charge in [-0.2, -0.15) is 0 Å². The number of benzene rings is 2. The molecule has 0 heterocycles. The maximum Gasteiger partial charge on any atom is 0.344 e. The van der Waals surface area contributed by atoms with Gasteiger partial charge in [0, 0.05) is 10.6 Å². The molecule has 0 fully saturated rings. The van der Waals surface area contributed by atoms with E-state index in [1.54, 1.807) is 12.1 Å². The molecule has 0 N–H and O–H groups in total. The van der Waals surface area contributed by atoms with E-state index in [9.17, 15) is 9.59 Å². The Bertz CT molecular complexity index is 772. The van der Waals surface area contributed by atoms with E-state index in [0.29, 0.717) is 10.8 Å². The predicted molar refractivity (Wildman–Crippen MR) is 93.2 cm³/mol. The van der Waals surface area contributed by atoms with Crippen LogP contribution in [0.4, 0.5) is 0 Å². The summed E-state index contributed by atoms with van der Waals surface area (Å²) in [6.45, 7) is 3.26. The van der Waals surface area contributed by atoms with Gasteiger partial charge in [0.2, 0.25) is 5.78 Å². The molecule has 0 aliphatic rings. The number of hydrogen-bond acceptors (Lipinski definition) is 4. The molecular formula is C18H16Cl2O4. The Balaban J connectivity index is 1.84. The third-order valence-electron chi connectivity index (χ3n) is 3.43. The van der Waals surface area contributed by atoms with Crippen molar-refractivity contribution in [1.29, 1.82) is 0 Å². The largest absolute Gasteiger partial charge is 0.482 e. The van der Waals surface area contributed by atoms with Gasteiger partial charge in [-0.15, -0.1) is 0 Å². The van der Waals surface area contributed by atoms with Gasteiger partial charge in [-0.1, -0.05) is 29.3 Å². The average molecular weight is 367 g/mol. The molecule has 2 rings (SSSR count). The number of halogens is 2. The van der Waals surface area contributed by atoms with Crippen molar-refractivity contribution in [1.82, 2.24) is 0 Å². The minimum atomic E-state index is -0.633. The standard InChI is InChI=1S/C18H16Cl2O4/c1-11-3-5-14(7-12(11)2)23-10-18(22)24-9-17(21)15-6-4-13(19)8-16(15)20/h3-8H,9-10H2,1-2H3. The van der Waals surface area contributed by atoms with E-state index in [2.05, 4.69) is 0 Å². The molecule has 0 saturated heterocycles. The smallest absolute Gasteiger partial charge is 0.344 e.